The molecule has 0 atom stereocenters. The molecule has 0 amide bonds. The highest BCUT2D eigenvalue weighted by atomic mass is 79.9. The molecule has 0 bridgehead atoms. The van der Waals surface area contributed by atoms with Gasteiger partial charge in [0.1, 0.15) is 0 Å². The minimum atomic E-state index is 0.210. The van der Waals surface area contributed by atoms with Gasteiger partial charge in [0.15, 0.2) is 5.96 Å². The van der Waals surface area contributed by atoms with Crippen molar-refractivity contribution in [1.29, 1.82) is 0 Å². The van der Waals surface area contributed by atoms with E-state index >= 15 is 0 Å². The number of aliphatic imine (C=N–C) groups is 1. The number of aromatic nitrogens is 2. The van der Waals surface area contributed by atoms with E-state index in [4.69, 9.17) is 0 Å². The van der Waals surface area contributed by atoms with Crippen molar-refractivity contribution < 1.29 is 0 Å². The van der Waals surface area contributed by atoms with Crippen LogP contribution < -0.4 is 10.6 Å². The van der Waals surface area contributed by atoms with Crippen molar-refractivity contribution >= 4 is 21.9 Å². The highest BCUT2D eigenvalue weighted by molar-refractivity contribution is 9.10. The molecule has 140 valence electrons. The van der Waals surface area contributed by atoms with Crippen LogP contribution in [0.1, 0.15) is 41.8 Å². The summed E-state index contributed by atoms with van der Waals surface area (Å²) in [5, 5.41) is 11.5. The van der Waals surface area contributed by atoms with Gasteiger partial charge in [-0.25, -0.2) is 0 Å². The maximum atomic E-state index is 4.48. The number of halogens is 1. The topological polar surface area (TPSA) is 54.2 Å². The van der Waals surface area contributed by atoms with Crippen LogP contribution >= 0.6 is 15.9 Å². The molecule has 1 aliphatic carbocycles. The molecule has 1 fully saturated rings. The molecule has 0 radical (unpaired) electrons. The van der Waals surface area contributed by atoms with Crippen molar-refractivity contribution in [3.05, 3.63) is 51.3 Å². The Hall–Kier alpha value is -1.82. The molecule has 1 saturated carbocycles. The highest BCUT2D eigenvalue weighted by Crippen LogP contribution is 2.43. The molecule has 3 rings (SSSR count). The molecule has 1 aliphatic rings. The Labute approximate surface area is 164 Å². The lowest BCUT2D eigenvalue weighted by Gasteiger charge is -2.43. The van der Waals surface area contributed by atoms with Crippen LogP contribution in [-0.2, 0) is 19.0 Å². The summed E-state index contributed by atoms with van der Waals surface area (Å²) < 4.78 is 3.07. The molecule has 1 aromatic heterocycles. The van der Waals surface area contributed by atoms with Crippen LogP contribution in [0.15, 0.2) is 33.7 Å². The van der Waals surface area contributed by atoms with Crippen molar-refractivity contribution in [2.75, 3.05) is 13.6 Å². The van der Waals surface area contributed by atoms with Crippen molar-refractivity contribution in [2.24, 2.45) is 12.0 Å². The van der Waals surface area contributed by atoms with Crippen molar-refractivity contribution in [3.8, 4) is 0 Å². The van der Waals surface area contributed by atoms with Crippen LogP contribution in [-0.4, -0.2) is 29.3 Å². The Morgan fingerprint density at radius 1 is 1.31 bits per heavy atom. The van der Waals surface area contributed by atoms with Gasteiger partial charge >= 0.3 is 0 Å². The maximum Gasteiger partial charge on any atom is 0.191 e. The maximum absolute atomic E-state index is 4.48. The second-order valence-electron chi connectivity index (χ2n) is 7.20. The molecule has 1 aromatic carbocycles. The second-order valence-corrected chi connectivity index (χ2v) is 8.11. The number of benzene rings is 1. The predicted molar refractivity (Wildman–Crippen MR) is 111 cm³/mol. The Morgan fingerprint density at radius 3 is 2.62 bits per heavy atom. The fourth-order valence-corrected chi connectivity index (χ4v) is 4.11. The summed E-state index contributed by atoms with van der Waals surface area (Å²) in [7, 11) is 3.81. The average Bonchev–Trinajstić information content (AvgIpc) is 2.82. The van der Waals surface area contributed by atoms with E-state index in [1.54, 1.807) is 0 Å². The fourth-order valence-electron chi connectivity index (χ4n) is 3.71. The SMILES string of the molecule is CN=C(NCc1c(C)nn(C)c1C)NCC1(c2cccc(Br)c2)CCC1. The normalized spacial score (nSPS) is 16.3. The first-order valence-corrected chi connectivity index (χ1v) is 9.94. The van der Waals surface area contributed by atoms with Crippen molar-refractivity contribution in [2.45, 2.75) is 45.1 Å². The van der Waals surface area contributed by atoms with Crippen LogP contribution in [0.5, 0.6) is 0 Å². The molecule has 0 saturated heterocycles. The summed E-state index contributed by atoms with van der Waals surface area (Å²) in [6, 6.07) is 8.70. The van der Waals surface area contributed by atoms with Gasteiger partial charge in [-0.05, 0) is 44.4 Å². The number of guanidine groups is 1. The molecule has 2 aromatic rings. The van der Waals surface area contributed by atoms with E-state index in [0.717, 1.165) is 29.2 Å². The lowest BCUT2D eigenvalue weighted by molar-refractivity contribution is 0.243. The Kier molecular flexibility index (Phi) is 5.70. The molecule has 6 heteroatoms. The van der Waals surface area contributed by atoms with E-state index < -0.39 is 0 Å². The minimum Gasteiger partial charge on any atom is -0.356 e. The molecule has 0 spiro atoms. The third kappa shape index (κ3) is 3.80. The van der Waals surface area contributed by atoms with Gasteiger partial charge in [0.25, 0.3) is 0 Å². The van der Waals surface area contributed by atoms with Gasteiger partial charge in [-0.15, -0.1) is 0 Å². The number of nitrogens with zero attached hydrogens (tertiary/aromatic N) is 3. The zero-order chi connectivity index (χ0) is 18.7. The van der Waals surface area contributed by atoms with Gasteiger partial charge in [0, 0.05) is 48.3 Å². The van der Waals surface area contributed by atoms with Gasteiger partial charge in [0.2, 0.25) is 0 Å². The third-order valence-electron chi connectivity index (χ3n) is 5.66. The summed E-state index contributed by atoms with van der Waals surface area (Å²) in [5.41, 5.74) is 5.11. The average molecular weight is 418 g/mol. The number of hydrogen-bond donors (Lipinski definition) is 2. The van der Waals surface area contributed by atoms with E-state index in [1.807, 2.05) is 18.8 Å². The van der Waals surface area contributed by atoms with E-state index in [2.05, 4.69) is 74.8 Å². The standard InChI is InChI=1S/C20H28BrN5/c1-14-18(15(2)26(4)25-14)12-23-19(22-3)24-13-20(9-6-10-20)16-7-5-8-17(21)11-16/h5,7-8,11H,6,9-10,12-13H2,1-4H3,(H2,22,23,24). The molecule has 0 aliphatic heterocycles. The first-order valence-electron chi connectivity index (χ1n) is 9.15. The van der Waals surface area contributed by atoms with Crippen LogP contribution in [0.2, 0.25) is 0 Å². The highest BCUT2D eigenvalue weighted by Gasteiger charge is 2.38. The zero-order valence-corrected chi connectivity index (χ0v) is 17.7. The number of nitrogens with one attached hydrogen (secondary N) is 2. The molecule has 2 N–H and O–H groups in total. The van der Waals surface area contributed by atoms with Gasteiger partial charge in [-0.3, -0.25) is 9.67 Å². The van der Waals surface area contributed by atoms with Crippen molar-refractivity contribution in [1.82, 2.24) is 20.4 Å². The van der Waals surface area contributed by atoms with Gasteiger partial charge in [-0.1, -0.05) is 34.5 Å². The van der Waals surface area contributed by atoms with Gasteiger partial charge in [-0.2, -0.15) is 5.10 Å². The Morgan fingerprint density at radius 2 is 2.08 bits per heavy atom. The fraction of sp³-hybridized carbons (Fsp3) is 0.500. The number of hydrogen-bond acceptors (Lipinski definition) is 2. The number of rotatable bonds is 5. The first kappa shape index (κ1) is 19.0. The Bertz CT molecular complexity index is 805. The van der Waals surface area contributed by atoms with Crippen LogP contribution in [0, 0.1) is 13.8 Å². The molecule has 0 unspecified atom stereocenters. The summed E-state index contributed by atoms with van der Waals surface area (Å²) in [5.74, 6) is 0.842. The molecule has 26 heavy (non-hydrogen) atoms. The lowest BCUT2D eigenvalue weighted by Crippen LogP contribution is -2.48. The zero-order valence-electron chi connectivity index (χ0n) is 16.1. The van der Waals surface area contributed by atoms with Crippen LogP contribution in [0.3, 0.4) is 0 Å². The van der Waals surface area contributed by atoms with Crippen molar-refractivity contribution in [3.63, 3.8) is 0 Å². The van der Waals surface area contributed by atoms with E-state index in [9.17, 15) is 0 Å². The monoisotopic (exact) mass is 417 g/mol. The van der Waals surface area contributed by atoms with Crippen LogP contribution in [0.4, 0.5) is 0 Å². The van der Waals surface area contributed by atoms with E-state index in [1.165, 1.54) is 36.1 Å². The summed E-state index contributed by atoms with van der Waals surface area (Å²) >= 11 is 3.60. The molecular formula is C20H28BrN5. The predicted octanol–water partition coefficient (Wildman–Crippen LogP) is 3.59. The number of aryl methyl sites for hydroxylation is 2. The lowest BCUT2D eigenvalue weighted by atomic mass is 9.64. The minimum absolute atomic E-state index is 0.210. The first-order chi connectivity index (χ1) is 12.4. The summed E-state index contributed by atoms with van der Waals surface area (Å²) in [4.78, 5) is 4.40. The second kappa shape index (κ2) is 7.82. The van der Waals surface area contributed by atoms with Crippen LogP contribution in [0.25, 0.3) is 0 Å². The molecule has 5 nitrogen and oxygen atoms in total. The third-order valence-corrected chi connectivity index (χ3v) is 6.15. The smallest absolute Gasteiger partial charge is 0.191 e. The summed E-state index contributed by atoms with van der Waals surface area (Å²) in [6.45, 7) is 5.78. The quantitative estimate of drug-likeness (QED) is 0.577. The Balaban J connectivity index is 1.63. The molecule has 1 heterocycles. The largest absolute Gasteiger partial charge is 0.356 e. The molecular weight excluding hydrogens is 390 g/mol. The van der Waals surface area contributed by atoms with Gasteiger partial charge in [0.05, 0.1) is 5.69 Å². The summed E-state index contributed by atoms with van der Waals surface area (Å²) in [6.07, 6.45) is 3.72. The van der Waals surface area contributed by atoms with E-state index in [0.29, 0.717) is 0 Å². The van der Waals surface area contributed by atoms with Gasteiger partial charge < -0.3 is 10.6 Å². The van der Waals surface area contributed by atoms with E-state index in [-0.39, 0.29) is 5.41 Å².